The Bertz CT molecular complexity index is 468. The van der Waals surface area contributed by atoms with Crippen LogP contribution in [-0.4, -0.2) is 22.6 Å². The molecule has 0 bridgehead atoms. The second kappa shape index (κ2) is 4.88. The van der Waals surface area contributed by atoms with Crippen molar-refractivity contribution in [2.45, 2.75) is 52.0 Å². The van der Waals surface area contributed by atoms with Crippen LogP contribution in [-0.2, 0) is 13.0 Å². The largest absolute Gasteiger partial charge is 0.331 e. The standard InChI is InChI=1S/C15H23N3/c1-11(2)15-17-14(12-6-8-16-9-7-12)13-5-3-4-10-18(13)15/h6,11,16H,3-5,7-10H2,1-2H3. The van der Waals surface area contributed by atoms with Crippen molar-refractivity contribution in [2.24, 2.45) is 0 Å². The average molecular weight is 245 g/mol. The SMILES string of the molecule is CC(C)c1nc(C2=CCNCC2)c2n1CCCC2. The van der Waals surface area contributed by atoms with Gasteiger partial charge in [0.25, 0.3) is 0 Å². The lowest BCUT2D eigenvalue weighted by Crippen LogP contribution is -2.21. The van der Waals surface area contributed by atoms with E-state index in [9.17, 15) is 0 Å². The maximum atomic E-state index is 4.98. The van der Waals surface area contributed by atoms with Gasteiger partial charge in [-0.25, -0.2) is 4.98 Å². The van der Waals surface area contributed by atoms with Crippen molar-refractivity contribution in [1.29, 1.82) is 0 Å². The molecule has 0 atom stereocenters. The average Bonchev–Trinajstić information content (AvgIpc) is 2.79. The van der Waals surface area contributed by atoms with Crippen molar-refractivity contribution in [3.8, 4) is 0 Å². The summed E-state index contributed by atoms with van der Waals surface area (Å²) in [4.78, 5) is 4.98. The van der Waals surface area contributed by atoms with Gasteiger partial charge < -0.3 is 9.88 Å². The first-order valence-electron chi connectivity index (χ1n) is 7.27. The molecule has 0 spiro atoms. The van der Waals surface area contributed by atoms with Gasteiger partial charge in [-0.1, -0.05) is 19.9 Å². The molecule has 0 amide bonds. The van der Waals surface area contributed by atoms with Crippen LogP contribution in [0.4, 0.5) is 0 Å². The monoisotopic (exact) mass is 245 g/mol. The van der Waals surface area contributed by atoms with E-state index in [1.807, 2.05) is 0 Å². The fraction of sp³-hybridized carbons (Fsp3) is 0.667. The number of imidazole rings is 1. The Labute approximate surface area is 109 Å². The van der Waals surface area contributed by atoms with Crippen LogP contribution in [0.5, 0.6) is 0 Å². The molecule has 98 valence electrons. The second-order valence-corrected chi connectivity index (χ2v) is 5.71. The molecule has 18 heavy (non-hydrogen) atoms. The lowest BCUT2D eigenvalue weighted by molar-refractivity contribution is 0.504. The van der Waals surface area contributed by atoms with Gasteiger partial charge in [0.15, 0.2) is 0 Å². The van der Waals surface area contributed by atoms with Gasteiger partial charge in [0.2, 0.25) is 0 Å². The predicted molar refractivity (Wildman–Crippen MR) is 74.7 cm³/mol. The number of hydrogen-bond donors (Lipinski definition) is 1. The van der Waals surface area contributed by atoms with E-state index < -0.39 is 0 Å². The molecule has 3 rings (SSSR count). The van der Waals surface area contributed by atoms with Gasteiger partial charge in [0.1, 0.15) is 5.82 Å². The zero-order valence-electron chi connectivity index (χ0n) is 11.5. The van der Waals surface area contributed by atoms with Crippen molar-refractivity contribution in [3.05, 3.63) is 23.3 Å². The lowest BCUT2D eigenvalue weighted by atomic mass is 10.0. The smallest absolute Gasteiger partial charge is 0.112 e. The Morgan fingerprint density at radius 1 is 1.28 bits per heavy atom. The number of hydrogen-bond acceptors (Lipinski definition) is 2. The zero-order chi connectivity index (χ0) is 12.5. The highest BCUT2D eigenvalue weighted by atomic mass is 15.1. The van der Waals surface area contributed by atoms with Gasteiger partial charge in [0, 0.05) is 24.7 Å². The molecule has 2 aliphatic heterocycles. The van der Waals surface area contributed by atoms with Crippen molar-refractivity contribution >= 4 is 5.57 Å². The van der Waals surface area contributed by atoms with Gasteiger partial charge in [-0.05, 0) is 37.8 Å². The van der Waals surface area contributed by atoms with Crippen LogP contribution in [0.3, 0.4) is 0 Å². The summed E-state index contributed by atoms with van der Waals surface area (Å²) < 4.78 is 2.49. The van der Waals surface area contributed by atoms with Gasteiger partial charge in [-0.15, -0.1) is 0 Å². The summed E-state index contributed by atoms with van der Waals surface area (Å²) in [6.45, 7) is 7.77. The van der Waals surface area contributed by atoms with Crippen LogP contribution in [0.1, 0.15) is 56.2 Å². The maximum Gasteiger partial charge on any atom is 0.112 e. The maximum absolute atomic E-state index is 4.98. The summed E-state index contributed by atoms with van der Waals surface area (Å²) in [5, 5.41) is 3.38. The van der Waals surface area contributed by atoms with Crippen molar-refractivity contribution in [1.82, 2.24) is 14.9 Å². The van der Waals surface area contributed by atoms with E-state index in [0.29, 0.717) is 5.92 Å². The minimum absolute atomic E-state index is 0.526. The van der Waals surface area contributed by atoms with E-state index in [0.717, 1.165) is 19.5 Å². The van der Waals surface area contributed by atoms with Crippen molar-refractivity contribution < 1.29 is 0 Å². The molecule has 3 nitrogen and oxygen atoms in total. The number of fused-ring (bicyclic) bond motifs is 1. The Hall–Kier alpha value is -1.09. The van der Waals surface area contributed by atoms with Crippen molar-refractivity contribution in [2.75, 3.05) is 13.1 Å². The lowest BCUT2D eigenvalue weighted by Gasteiger charge is -2.19. The van der Waals surface area contributed by atoms with Crippen LogP contribution in [0.15, 0.2) is 6.08 Å². The molecule has 1 N–H and O–H groups in total. The molecule has 0 saturated heterocycles. The van der Waals surface area contributed by atoms with E-state index in [4.69, 9.17) is 4.98 Å². The minimum atomic E-state index is 0.526. The third kappa shape index (κ3) is 2.01. The van der Waals surface area contributed by atoms with E-state index >= 15 is 0 Å². The molecule has 0 saturated carbocycles. The van der Waals surface area contributed by atoms with Gasteiger partial charge >= 0.3 is 0 Å². The molecule has 1 aromatic heterocycles. The molecule has 0 aromatic carbocycles. The molecule has 0 fully saturated rings. The highest BCUT2D eigenvalue weighted by Crippen LogP contribution is 2.30. The minimum Gasteiger partial charge on any atom is -0.331 e. The van der Waals surface area contributed by atoms with Crippen LogP contribution < -0.4 is 5.32 Å². The predicted octanol–water partition coefficient (Wildman–Crippen LogP) is 2.72. The Kier molecular flexibility index (Phi) is 3.25. The van der Waals surface area contributed by atoms with Crippen LogP contribution in [0.2, 0.25) is 0 Å². The first kappa shape index (κ1) is 12.0. The van der Waals surface area contributed by atoms with Crippen LogP contribution >= 0.6 is 0 Å². The molecule has 0 aliphatic carbocycles. The fourth-order valence-electron chi connectivity index (χ4n) is 3.11. The topological polar surface area (TPSA) is 29.9 Å². The van der Waals surface area contributed by atoms with Crippen LogP contribution in [0.25, 0.3) is 5.57 Å². The molecule has 0 unspecified atom stereocenters. The molecule has 3 heteroatoms. The molecule has 1 aromatic rings. The number of rotatable bonds is 2. The van der Waals surface area contributed by atoms with E-state index in [1.165, 1.54) is 48.6 Å². The summed E-state index contributed by atoms with van der Waals surface area (Å²) in [6, 6.07) is 0. The number of nitrogens with zero attached hydrogens (tertiary/aromatic N) is 2. The highest BCUT2D eigenvalue weighted by Gasteiger charge is 2.23. The quantitative estimate of drug-likeness (QED) is 0.868. The molecule has 3 heterocycles. The normalized spacial score (nSPS) is 19.8. The van der Waals surface area contributed by atoms with Crippen molar-refractivity contribution in [3.63, 3.8) is 0 Å². The molecular weight excluding hydrogens is 222 g/mol. The van der Waals surface area contributed by atoms with Crippen LogP contribution in [0, 0.1) is 0 Å². The van der Waals surface area contributed by atoms with E-state index in [2.05, 4.69) is 29.8 Å². The third-order valence-electron chi connectivity index (χ3n) is 4.03. The third-order valence-corrected chi connectivity index (χ3v) is 4.03. The summed E-state index contributed by atoms with van der Waals surface area (Å²) >= 11 is 0. The van der Waals surface area contributed by atoms with E-state index in [1.54, 1.807) is 0 Å². The summed E-state index contributed by atoms with van der Waals surface area (Å²) in [7, 11) is 0. The number of nitrogens with one attached hydrogen (secondary N) is 1. The summed E-state index contributed by atoms with van der Waals surface area (Å²) in [5.41, 5.74) is 4.27. The fourth-order valence-corrected chi connectivity index (χ4v) is 3.11. The Balaban J connectivity index is 2.06. The van der Waals surface area contributed by atoms with E-state index in [-0.39, 0.29) is 0 Å². The van der Waals surface area contributed by atoms with Gasteiger partial charge in [0.05, 0.1) is 5.69 Å². The van der Waals surface area contributed by atoms with Gasteiger partial charge in [-0.2, -0.15) is 0 Å². The highest BCUT2D eigenvalue weighted by molar-refractivity contribution is 5.66. The summed E-state index contributed by atoms with van der Waals surface area (Å²) in [6.07, 6.45) is 7.29. The first-order chi connectivity index (χ1) is 8.77. The number of aromatic nitrogens is 2. The summed E-state index contributed by atoms with van der Waals surface area (Å²) in [5.74, 6) is 1.82. The molecule has 0 radical (unpaired) electrons. The zero-order valence-corrected chi connectivity index (χ0v) is 11.5. The molecular formula is C15H23N3. The first-order valence-corrected chi connectivity index (χ1v) is 7.27. The van der Waals surface area contributed by atoms with Gasteiger partial charge in [-0.3, -0.25) is 0 Å². The molecule has 2 aliphatic rings. The second-order valence-electron chi connectivity index (χ2n) is 5.71. The Morgan fingerprint density at radius 3 is 2.89 bits per heavy atom. The Morgan fingerprint density at radius 2 is 2.17 bits per heavy atom.